The summed E-state index contributed by atoms with van der Waals surface area (Å²) in [6.07, 6.45) is 8.42. The fourth-order valence-electron chi connectivity index (χ4n) is 3.54. The third-order valence-corrected chi connectivity index (χ3v) is 4.93. The molecule has 0 radical (unpaired) electrons. The first-order valence-electron chi connectivity index (χ1n) is 8.22. The maximum atomic E-state index is 14.1. The van der Waals surface area contributed by atoms with Gasteiger partial charge in [-0.1, -0.05) is 25.8 Å². The summed E-state index contributed by atoms with van der Waals surface area (Å²) < 4.78 is 19.1. The molecule has 3 heteroatoms. The van der Waals surface area contributed by atoms with Crippen LogP contribution >= 0.6 is 0 Å². The van der Waals surface area contributed by atoms with Crippen molar-refractivity contribution in [2.45, 2.75) is 51.9 Å². The third-order valence-electron chi connectivity index (χ3n) is 4.93. The number of benzene rings is 1. The smallest absolute Gasteiger partial charge is 0.130 e. The Balaban J connectivity index is 1.95. The molecule has 0 bridgehead atoms. The number of halogens is 1. The van der Waals surface area contributed by atoms with Crippen LogP contribution in [0.2, 0.25) is 0 Å². The molecule has 21 heavy (non-hydrogen) atoms. The summed E-state index contributed by atoms with van der Waals surface area (Å²) in [6.45, 7) is 4.26. The second kappa shape index (κ2) is 7.79. The van der Waals surface area contributed by atoms with Gasteiger partial charge >= 0.3 is 0 Å². The summed E-state index contributed by atoms with van der Waals surface area (Å²) in [7, 11) is 1.57. The summed E-state index contributed by atoms with van der Waals surface area (Å²) in [5.74, 6) is 0.466. The average molecular weight is 293 g/mol. The van der Waals surface area contributed by atoms with E-state index in [9.17, 15) is 4.39 Å². The van der Waals surface area contributed by atoms with E-state index < -0.39 is 0 Å². The van der Waals surface area contributed by atoms with Crippen molar-refractivity contribution in [3.8, 4) is 5.75 Å². The van der Waals surface area contributed by atoms with E-state index >= 15 is 0 Å². The van der Waals surface area contributed by atoms with Crippen molar-refractivity contribution < 1.29 is 9.13 Å². The van der Waals surface area contributed by atoms with Gasteiger partial charge in [0.1, 0.15) is 11.6 Å². The molecule has 0 aromatic heterocycles. The molecule has 1 aromatic carbocycles. The van der Waals surface area contributed by atoms with Crippen molar-refractivity contribution in [2.24, 2.45) is 5.41 Å². The van der Waals surface area contributed by atoms with Crippen LogP contribution in [-0.2, 0) is 6.42 Å². The second-order valence-corrected chi connectivity index (χ2v) is 6.27. The first kappa shape index (κ1) is 16.3. The number of nitrogens with one attached hydrogen (secondary N) is 1. The molecule has 1 fully saturated rings. The Labute approximate surface area is 128 Å². The van der Waals surface area contributed by atoms with E-state index in [-0.39, 0.29) is 5.82 Å². The summed E-state index contributed by atoms with van der Waals surface area (Å²) >= 11 is 0. The Hall–Kier alpha value is -1.09. The first-order chi connectivity index (χ1) is 10.2. The van der Waals surface area contributed by atoms with Gasteiger partial charge in [0.05, 0.1) is 7.11 Å². The van der Waals surface area contributed by atoms with Crippen LogP contribution in [0.4, 0.5) is 4.39 Å². The van der Waals surface area contributed by atoms with E-state index in [0.29, 0.717) is 11.2 Å². The predicted octanol–water partition coefficient (Wildman–Crippen LogP) is 4.33. The zero-order valence-corrected chi connectivity index (χ0v) is 13.4. The van der Waals surface area contributed by atoms with Crippen molar-refractivity contribution in [2.75, 3.05) is 20.2 Å². The van der Waals surface area contributed by atoms with E-state index in [1.807, 2.05) is 12.1 Å². The molecule has 0 atom stereocenters. The largest absolute Gasteiger partial charge is 0.497 e. The molecule has 1 aliphatic carbocycles. The standard InChI is InChI=1S/C18H28FNO/c1-3-20-13-12-18(9-4-5-10-18)11-8-15-6-7-16(21-2)14-17(15)19/h6-7,14,20H,3-5,8-13H2,1-2H3. The molecule has 1 saturated carbocycles. The van der Waals surface area contributed by atoms with E-state index in [2.05, 4.69) is 12.2 Å². The number of aryl methyl sites for hydroxylation is 1. The second-order valence-electron chi connectivity index (χ2n) is 6.27. The van der Waals surface area contributed by atoms with Crippen LogP contribution in [0.25, 0.3) is 0 Å². The Kier molecular flexibility index (Phi) is 6.04. The van der Waals surface area contributed by atoms with Gasteiger partial charge in [-0.25, -0.2) is 4.39 Å². The Morgan fingerprint density at radius 2 is 2.00 bits per heavy atom. The molecule has 0 amide bonds. The van der Waals surface area contributed by atoms with Gasteiger partial charge in [0.2, 0.25) is 0 Å². The molecule has 2 nitrogen and oxygen atoms in total. The highest BCUT2D eigenvalue weighted by Gasteiger charge is 2.32. The van der Waals surface area contributed by atoms with Crippen molar-refractivity contribution in [3.05, 3.63) is 29.6 Å². The maximum Gasteiger partial charge on any atom is 0.130 e. The highest BCUT2D eigenvalue weighted by atomic mass is 19.1. The Morgan fingerprint density at radius 1 is 1.24 bits per heavy atom. The van der Waals surface area contributed by atoms with Gasteiger partial charge in [-0.2, -0.15) is 0 Å². The van der Waals surface area contributed by atoms with Crippen molar-refractivity contribution >= 4 is 0 Å². The van der Waals surface area contributed by atoms with E-state index in [1.54, 1.807) is 7.11 Å². The Morgan fingerprint density at radius 3 is 2.62 bits per heavy atom. The minimum absolute atomic E-state index is 0.130. The lowest BCUT2D eigenvalue weighted by atomic mass is 9.77. The van der Waals surface area contributed by atoms with E-state index in [0.717, 1.165) is 31.5 Å². The van der Waals surface area contributed by atoms with Gasteiger partial charge in [-0.05, 0) is 62.2 Å². The van der Waals surface area contributed by atoms with Crippen LogP contribution in [-0.4, -0.2) is 20.2 Å². The molecule has 0 aliphatic heterocycles. The lowest BCUT2D eigenvalue weighted by molar-refractivity contribution is 0.245. The summed E-state index contributed by atoms with van der Waals surface area (Å²) in [4.78, 5) is 0. The van der Waals surface area contributed by atoms with Crippen LogP contribution in [0.5, 0.6) is 5.75 Å². The lowest BCUT2D eigenvalue weighted by Gasteiger charge is -2.29. The quantitative estimate of drug-likeness (QED) is 0.720. The minimum Gasteiger partial charge on any atom is -0.497 e. The molecule has 0 saturated heterocycles. The zero-order valence-electron chi connectivity index (χ0n) is 13.4. The number of ether oxygens (including phenoxy) is 1. The molecule has 0 heterocycles. The van der Waals surface area contributed by atoms with Crippen LogP contribution in [0, 0.1) is 11.2 Å². The van der Waals surface area contributed by atoms with Gasteiger partial charge in [-0.3, -0.25) is 0 Å². The number of hydrogen-bond donors (Lipinski definition) is 1. The number of hydrogen-bond acceptors (Lipinski definition) is 2. The first-order valence-corrected chi connectivity index (χ1v) is 8.22. The van der Waals surface area contributed by atoms with Gasteiger partial charge < -0.3 is 10.1 Å². The van der Waals surface area contributed by atoms with Crippen LogP contribution in [0.1, 0.15) is 51.0 Å². The minimum atomic E-state index is -0.130. The van der Waals surface area contributed by atoms with Crippen molar-refractivity contribution in [1.29, 1.82) is 0 Å². The SMILES string of the molecule is CCNCCC1(CCc2ccc(OC)cc2F)CCCC1. The summed E-state index contributed by atoms with van der Waals surface area (Å²) in [6, 6.07) is 5.23. The predicted molar refractivity (Wildman–Crippen MR) is 85.3 cm³/mol. The number of methoxy groups -OCH3 is 1. The normalized spacial score (nSPS) is 17.1. The molecule has 2 rings (SSSR count). The van der Waals surface area contributed by atoms with Crippen LogP contribution in [0.15, 0.2) is 18.2 Å². The molecule has 118 valence electrons. The fraction of sp³-hybridized carbons (Fsp3) is 0.667. The van der Waals surface area contributed by atoms with E-state index in [4.69, 9.17) is 4.74 Å². The summed E-state index contributed by atoms with van der Waals surface area (Å²) in [5.41, 5.74) is 1.25. The number of rotatable bonds is 8. The highest BCUT2D eigenvalue weighted by Crippen LogP contribution is 2.44. The van der Waals surface area contributed by atoms with Crippen molar-refractivity contribution in [1.82, 2.24) is 5.32 Å². The van der Waals surface area contributed by atoms with Gasteiger partial charge in [0, 0.05) is 6.07 Å². The fourth-order valence-corrected chi connectivity index (χ4v) is 3.54. The zero-order chi connectivity index (χ0) is 15.1. The van der Waals surface area contributed by atoms with Crippen LogP contribution in [0.3, 0.4) is 0 Å². The molecule has 1 N–H and O–H groups in total. The van der Waals surface area contributed by atoms with Gasteiger partial charge in [0.25, 0.3) is 0 Å². The molecule has 1 aliphatic rings. The third kappa shape index (κ3) is 4.44. The van der Waals surface area contributed by atoms with Crippen LogP contribution < -0.4 is 10.1 Å². The molecule has 0 spiro atoms. The highest BCUT2D eigenvalue weighted by molar-refractivity contribution is 5.29. The average Bonchev–Trinajstić information content (AvgIpc) is 2.95. The molecule has 1 aromatic rings. The van der Waals surface area contributed by atoms with Gasteiger partial charge in [-0.15, -0.1) is 0 Å². The Bertz CT molecular complexity index is 441. The van der Waals surface area contributed by atoms with Crippen molar-refractivity contribution in [3.63, 3.8) is 0 Å². The molecular formula is C18H28FNO. The molecule has 0 unspecified atom stereocenters. The van der Waals surface area contributed by atoms with Gasteiger partial charge in [0.15, 0.2) is 0 Å². The molecular weight excluding hydrogens is 265 g/mol. The topological polar surface area (TPSA) is 21.3 Å². The lowest BCUT2D eigenvalue weighted by Crippen LogP contribution is -2.25. The monoisotopic (exact) mass is 293 g/mol. The summed E-state index contributed by atoms with van der Waals surface area (Å²) in [5, 5.41) is 3.43. The van der Waals surface area contributed by atoms with E-state index in [1.165, 1.54) is 38.2 Å². The maximum absolute atomic E-state index is 14.1.